The Bertz CT molecular complexity index is 729. The minimum absolute atomic E-state index is 0.141. The molecule has 1 amide bonds. The van der Waals surface area contributed by atoms with Crippen LogP contribution in [0.4, 0.5) is 0 Å². The Balaban J connectivity index is 1.76. The summed E-state index contributed by atoms with van der Waals surface area (Å²) in [7, 11) is 5.22. The van der Waals surface area contributed by atoms with Crippen LogP contribution in [-0.4, -0.2) is 53.8 Å². The highest BCUT2D eigenvalue weighted by molar-refractivity contribution is 7.99. The van der Waals surface area contributed by atoms with E-state index in [1.807, 2.05) is 35.9 Å². The first-order valence-electron chi connectivity index (χ1n) is 8.24. The summed E-state index contributed by atoms with van der Waals surface area (Å²) < 4.78 is 12.1. The Kier molecular flexibility index (Phi) is 8.17. The molecule has 2 aromatic rings. The number of nitrogens with one attached hydrogen (secondary N) is 1. The van der Waals surface area contributed by atoms with E-state index in [0.29, 0.717) is 19.6 Å². The van der Waals surface area contributed by atoms with E-state index in [9.17, 15) is 4.79 Å². The summed E-state index contributed by atoms with van der Waals surface area (Å²) in [6.07, 6.45) is 3.91. The third kappa shape index (κ3) is 6.20. The predicted octanol–water partition coefficient (Wildman–Crippen LogP) is 1.93. The van der Waals surface area contributed by atoms with E-state index in [1.54, 1.807) is 32.1 Å². The van der Waals surface area contributed by atoms with Gasteiger partial charge in [0.25, 0.3) is 0 Å². The number of methoxy groups -OCH3 is 2. The van der Waals surface area contributed by atoms with Gasteiger partial charge in [0, 0.05) is 39.0 Å². The molecule has 1 aromatic carbocycles. The Morgan fingerprint density at radius 3 is 2.73 bits per heavy atom. The van der Waals surface area contributed by atoms with Crippen LogP contribution in [-0.2, 0) is 23.0 Å². The Morgan fingerprint density at radius 2 is 2.04 bits per heavy atom. The number of carbonyl (C=O) groups excluding carboxylic acids is 1. The second-order valence-corrected chi connectivity index (χ2v) is 6.51. The molecule has 0 radical (unpaired) electrons. The maximum Gasteiger partial charge on any atom is 0.244 e. The van der Waals surface area contributed by atoms with Crippen molar-refractivity contribution in [2.75, 3.05) is 33.1 Å². The lowest BCUT2D eigenvalue weighted by Gasteiger charge is -2.04. The van der Waals surface area contributed by atoms with E-state index in [4.69, 9.17) is 9.47 Å². The molecule has 0 spiro atoms. The highest BCUT2D eigenvalue weighted by Gasteiger charge is 2.09. The number of thioether (sulfide) groups is 1. The molecule has 0 fully saturated rings. The van der Waals surface area contributed by atoms with Crippen LogP contribution in [0.15, 0.2) is 35.5 Å². The van der Waals surface area contributed by atoms with Crippen LogP contribution in [0.5, 0.6) is 5.75 Å². The fourth-order valence-electron chi connectivity index (χ4n) is 2.15. The first-order chi connectivity index (χ1) is 12.6. The Morgan fingerprint density at radius 1 is 1.27 bits per heavy atom. The molecule has 0 saturated heterocycles. The number of aromatic nitrogens is 3. The van der Waals surface area contributed by atoms with Crippen LogP contribution in [0, 0.1) is 0 Å². The van der Waals surface area contributed by atoms with Crippen molar-refractivity contribution in [2.45, 2.75) is 11.6 Å². The molecule has 1 N–H and O–H groups in total. The van der Waals surface area contributed by atoms with Crippen LogP contribution in [0.3, 0.4) is 0 Å². The summed E-state index contributed by atoms with van der Waals surface area (Å²) in [4.78, 5) is 11.9. The van der Waals surface area contributed by atoms with Crippen molar-refractivity contribution < 1.29 is 14.3 Å². The standard InChI is InChI=1S/C18H24N4O3S/c1-22-16(20-21-18(22)26-13-12-24-2)10-11-19-17(23)9-6-14-4-7-15(25-3)8-5-14/h4-9H,10-13H2,1-3H3,(H,19,23)/b9-6+. The maximum absolute atomic E-state index is 11.9. The topological polar surface area (TPSA) is 78.3 Å². The summed E-state index contributed by atoms with van der Waals surface area (Å²) in [5.74, 6) is 2.31. The van der Waals surface area contributed by atoms with Crippen LogP contribution in [0.1, 0.15) is 11.4 Å². The highest BCUT2D eigenvalue weighted by atomic mass is 32.2. The van der Waals surface area contributed by atoms with Crippen LogP contribution in [0.25, 0.3) is 6.08 Å². The van der Waals surface area contributed by atoms with Crippen molar-refractivity contribution in [1.29, 1.82) is 0 Å². The SMILES string of the molecule is COCCSc1nnc(CCNC(=O)/C=C/c2ccc(OC)cc2)n1C. The zero-order valence-electron chi connectivity index (χ0n) is 15.3. The minimum Gasteiger partial charge on any atom is -0.497 e. The average Bonchev–Trinajstić information content (AvgIpc) is 3.01. The molecule has 2 rings (SSSR count). The zero-order valence-corrected chi connectivity index (χ0v) is 16.1. The molecule has 140 valence electrons. The van der Waals surface area contributed by atoms with Gasteiger partial charge in [0.2, 0.25) is 5.91 Å². The average molecular weight is 376 g/mol. The second kappa shape index (κ2) is 10.6. The largest absolute Gasteiger partial charge is 0.497 e. The molecular weight excluding hydrogens is 352 g/mol. The van der Waals surface area contributed by atoms with Crippen molar-refractivity contribution in [2.24, 2.45) is 7.05 Å². The summed E-state index contributed by atoms with van der Waals surface area (Å²) in [5, 5.41) is 12.0. The van der Waals surface area contributed by atoms with Gasteiger partial charge < -0.3 is 19.4 Å². The van der Waals surface area contributed by atoms with Gasteiger partial charge in [-0.15, -0.1) is 10.2 Å². The van der Waals surface area contributed by atoms with E-state index in [2.05, 4.69) is 15.5 Å². The molecule has 0 saturated carbocycles. The number of ether oxygens (including phenoxy) is 2. The fourth-order valence-corrected chi connectivity index (χ4v) is 2.98. The van der Waals surface area contributed by atoms with E-state index >= 15 is 0 Å². The van der Waals surface area contributed by atoms with Gasteiger partial charge in [-0.25, -0.2) is 0 Å². The van der Waals surface area contributed by atoms with E-state index < -0.39 is 0 Å². The number of hydrogen-bond acceptors (Lipinski definition) is 6. The van der Waals surface area contributed by atoms with Gasteiger partial charge in [0.1, 0.15) is 11.6 Å². The molecule has 0 bridgehead atoms. The molecule has 0 aliphatic carbocycles. The van der Waals surface area contributed by atoms with E-state index in [-0.39, 0.29) is 5.91 Å². The second-order valence-electron chi connectivity index (χ2n) is 5.45. The lowest BCUT2D eigenvalue weighted by Crippen LogP contribution is -2.24. The third-order valence-electron chi connectivity index (χ3n) is 3.63. The molecule has 0 unspecified atom stereocenters. The van der Waals surface area contributed by atoms with Gasteiger partial charge in [-0.1, -0.05) is 23.9 Å². The molecule has 1 heterocycles. The smallest absolute Gasteiger partial charge is 0.244 e. The summed E-state index contributed by atoms with van der Waals surface area (Å²) in [6, 6.07) is 7.50. The summed E-state index contributed by atoms with van der Waals surface area (Å²) in [5.41, 5.74) is 0.937. The zero-order chi connectivity index (χ0) is 18.8. The molecule has 7 nitrogen and oxygen atoms in total. The molecule has 8 heteroatoms. The number of benzene rings is 1. The van der Waals surface area contributed by atoms with Gasteiger partial charge in [0.15, 0.2) is 5.16 Å². The van der Waals surface area contributed by atoms with Gasteiger partial charge >= 0.3 is 0 Å². The number of amides is 1. The molecular formula is C18H24N4O3S. The molecule has 0 atom stereocenters. The van der Waals surface area contributed by atoms with Crippen molar-refractivity contribution >= 4 is 23.7 Å². The van der Waals surface area contributed by atoms with Crippen molar-refractivity contribution in [3.63, 3.8) is 0 Å². The number of carbonyl (C=O) groups is 1. The number of nitrogens with zero attached hydrogens (tertiary/aromatic N) is 3. The lowest BCUT2D eigenvalue weighted by molar-refractivity contribution is -0.116. The summed E-state index contributed by atoms with van der Waals surface area (Å²) >= 11 is 1.60. The molecule has 1 aromatic heterocycles. The first kappa shape index (κ1) is 20.0. The van der Waals surface area contributed by atoms with Crippen LogP contribution >= 0.6 is 11.8 Å². The quantitative estimate of drug-likeness (QED) is 0.388. The normalized spacial score (nSPS) is 11.0. The van der Waals surface area contributed by atoms with Crippen molar-refractivity contribution in [1.82, 2.24) is 20.1 Å². The molecule has 26 heavy (non-hydrogen) atoms. The highest BCUT2D eigenvalue weighted by Crippen LogP contribution is 2.15. The minimum atomic E-state index is -0.141. The number of rotatable bonds is 10. The predicted molar refractivity (Wildman–Crippen MR) is 102 cm³/mol. The van der Waals surface area contributed by atoms with Gasteiger partial charge in [0.05, 0.1) is 13.7 Å². The van der Waals surface area contributed by atoms with Gasteiger partial charge in [-0.05, 0) is 23.8 Å². The van der Waals surface area contributed by atoms with Crippen molar-refractivity contribution in [3.8, 4) is 5.75 Å². The van der Waals surface area contributed by atoms with Gasteiger partial charge in [-0.2, -0.15) is 0 Å². The van der Waals surface area contributed by atoms with Crippen molar-refractivity contribution in [3.05, 3.63) is 41.7 Å². The first-order valence-corrected chi connectivity index (χ1v) is 9.22. The fraction of sp³-hybridized carbons (Fsp3) is 0.389. The van der Waals surface area contributed by atoms with Crippen LogP contribution < -0.4 is 10.1 Å². The van der Waals surface area contributed by atoms with Gasteiger partial charge in [-0.3, -0.25) is 4.79 Å². The monoisotopic (exact) mass is 376 g/mol. The van der Waals surface area contributed by atoms with E-state index in [0.717, 1.165) is 28.0 Å². The molecule has 0 aliphatic rings. The third-order valence-corrected chi connectivity index (χ3v) is 4.62. The Labute approximate surface area is 157 Å². The van der Waals surface area contributed by atoms with E-state index in [1.165, 1.54) is 6.08 Å². The summed E-state index contributed by atoms with van der Waals surface area (Å²) in [6.45, 7) is 1.17. The number of hydrogen-bond donors (Lipinski definition) is 1. The molecule has 0 aliphatic heterocycles. The lowest BCUT2D eigenvalue weighted by atomic mass is 10.2. The Hall–Kier alpha value is -2.32. The maximum atomic E-state index is 11.9. The van der Waals surface area contributed by atoms with Crippen LogP contribution in [0.2, 0.25) is 0 Å².